The second-order valence-corrected chi connectivity index (χ2v) is 6.41. The highest BCUT2D eigenvalue weighted by Gasteiger charge is 2.19. The smallest absolute Gasteiger partial charge is 0.345 e. The van der Waals surface area contributed by atoms with Gasteiger partial charge in [0.05, 0.1) is 11.7 Å². The normalized spacial score (nSPS) is 13.3. The molecule has 0 radical (unpaired) electrons. The Labute approximate surface area is 117 Å². The Hall–Kier alpha value is -1.36. The van der Waals surface area contributed by atoms with Crippen LogP contribution in [-0.2, 0) is 6.42 Å². The highest BCUT2D eigenvalue weighted by atomic mass is 32.1. The number of fused-ring (bicyclic) bond motifs is 1. The summed E-state index contributed by atoms with van der Waals surface area (Å²) in [7, 11) is 0. The van der Waals surface area contributed by atoms with Gasteiger partial charge in [-0.1, -0.05) is 20.8 Å². The number of hydrogen-bond acceptors (Lipinski definition) is 3. The number of nitrogens with zero attached hydrogens (tertiary/aromatic N) is 2. The summed E-state index contributed by atoms with van der Waals surface area (Å²) in [6.45, 7) is 8.54. The van der Waals surface area contributed by atoms with Crippen molar-refractivity contribution in [1.29, 1.82) is 0 Å². The molecule has 2 heterocycles. The molecule has 0 aliphatic heterocycles. The molecule has 2 aromatic rings. The Morgan fingerprint density at radius 3 is 2.68 bits per heavy atom. The van der Waals surface area contributed by atoms with E-state index in [4.69, 9.17) is 10.2 Å². The van der Waals surface area contributed by atoms with E-state index in [-0.39, 0.29) is 0 Å². The first-order chi connectivity index (χ1) is 8.93. The predicted molar refractivity (Wildman–Crippen MR) is 78.1 cm³/mol. The van der Waals surface area contributed by atoms with Crippen molar-refractivity contribution in [3.8, 4) is 0 Å². The summed E-state index contributed by atoms with van der Waals surface area (Å²) >= 11 is 1.32. The predicted octanol–water partition coefficient (Wildman–Crippen LogP) is 3.97. The highest BCUT2D eigenvalue weighted by molar-refractivity contribution is 7.20. The average molecular weight is 280 g/mol. The van der Waals surface area contributed by atoms with Gasteiger partial charge in [0.2, 0.25) is 0 Å². The van der Waals surface area contributed by atoms with Gasteiger partial charge >= 0.3 is 5.97 Å². The number of carboxylic acids is 1. The van der Waals surface area contributed by atoms with Crippen LogP contribution in [0.4, 0.5) is 0 Å². The average Bonchev–Trinajstić information content (AvgIpc) is 2.88. The SMILES string of the molecule is CCC(C)n1nc(CC(C)C)c2cc(C(=O)O)sc21. The molecule has 2 rings (SSSR count). The van der Waals surface area contributed by atoms with E-state index in [1.807, 2.05) is 4.68 Å². The molecule has 19 heavy (non-hydrogen) atoms. The maximum absolute atomic E-state index is 11.1. The minimum atomic E-state index is -0.854. The molecule has 0 bridgehead atoms. The van der Waals surface area contributed by atoms with Crippen molar-refractivity contribution in [2.24, 2.45) is 5.92 Å². The molecular formula is C14H20N2O2S. The Balaban J connectivity index is 2.58. The second-order valence-electron chi connectivity index (χ2n) is 5.38. The van der Waals surface area contributed by atoms with Gasteiger partial charge in [0.25, 0.3) is 0 Å². The fourth-order valence-corrected chi connectivity index (χ4v) is 3.18. The largest absolute Gasteiger partial charge is 0.477 e. The first kappa shape index (κ1) is 14.1. The first-order valence-electron chi connectivity index (χ1n) is 6.68. The van der Waals surface area contributed by atoms with Crippen molar-refractivity contribution in [2.45, 2.75) is 46.6 Å². The zero-order valence-electron chi connectivity index (χ0n) is 11.8. The van der Waals surface area contributed by atoms with E-state index >= 15 is 0 Å². The molecule has 2 aromatic heterocycles. The van der Waals surface area contributed by atoms with E-state index in [9.17, 15) is 4.79 Å². The zero-order valence-corrected chi connectivity index (χ0v) is 12.6. The van der Waals surface area contributed by atoms with Gasteiger partial charge in [0.1, 0.15) is 9.71 Å². The first-order valence-corrected chi connectivity index (χ1v) is 7.49. The van der Waals surface area contributed by atoms with Gasteiger partial charge in [-0.2, -0.15) is 5.10 Å². The van der Waals surface area contributed by atoms with Crippen LogP contribution >= 0.6 is 11.3 Å². The lowest BCUT2D eigenvalue weighted by Crippen LogP contribution is -2.06. The van der Waals surface area contributed by atoms with Crippen LogP contribution in [0.15, 0.2) is 6.07 Å². The number of carboxylic acid groups (broad SMARTS) is 1. The fraction of sp³-hybridized carbons (Fsp3) is 0.571. The van der Waals surface area contributed by atoms with Crippen molar-refractivity contribution < 1.29 is 9.90 Å². The second kappa shape index (κ2) is 5.33. The molecule has 104 valence electrons. The summed E-state index contributed by atoms with van der Waals surface area (Å²) in [5.74, 6) is -0.343. The topological polar surface area (TPSA) is 55.1 Å². The lowest BCUT2D eigenvalue weighted by Gasteiger charge is -2.09. The molecule has 0 aromatic carbocycles. The van der Waals surface area contributed by atoms with E-state index in [0.717, 1.165) is 28.8 Å². The maximum atomic E-state index is 11.1. The number of carbonyl (C=O) groups is 1. The lowest BCUT2D eigenvalue weighted by atomic mass is 10.1. The number of aromatic carboxylic acids is 1. The number of aromatic nitrogens is 2. The van der Waals surface area contributed by atoms with E-state index in [1.54, 1.807) is 6.07 Å². The molecule has 0 spiro atoms. The third-order valence-corrected chi connectivity index (χ3v) is 4.39. The van der Waals surface area contributed by atoms with Gasteiger partial charge in [-0.25, -0.2) is 4.79 Å². The van der Waals surface area contributed by atoms with Crippen LogP contribution in [0.5, 0.6) is 0 Å². The molecule has 1 atom stereocenters. The summed E-state index contributed by atoms with van der Waals surface area (Å²) in [6.07, 6.45) is 1.87. The molecule has 0 saturated heterocycles. The van der Waals surface area contributed by atoms with Crippen LogP contribution in [0.1, 0.15) is 55.5 Å². The van der Waals surface area contributed by atoms with Gasteiger partial charge in [-0.3, -0.25) is 4.68 Å². The molecule has 0 aliphatic rings. The van der Waals surface area contributed by atoms with Crippen molar-refractivity contribution in [3.63, 3.8) is 0 Å². The summed E-state index contributed by atoms with van der Waals surface area (Å²) < 4.78 is 1.99. The van der Waals surface area contributed by atoms with Crippen LogP contribution < -0.4 is 0 Å². The fourth-order valence-electron chi connectivity index (χ4n) is 2.10. The Morgan fingerprint density at radius 1 is 1.47 bits per heavy atom. The third-order valence-electron chi connectivity index (χ3n) is 3.28. The van der Waals surface area contributed by atoms with Crippen molar-refractivity contribution in [2.75, 3.05) is 0 Å². The Morgan fingerprint density at radius 2 is 2.16 bits per heavy atom. The van der Waals surface area contributed by atoms with Crippen LogP contribution in [-0.4, -0.2) is 20.9 Å². The number of hydrogen-bond donors (Lipinski definition) is 1. The molecule has 4 nitrogen and oxygen atoms in total. The van der Waals surface area contributed by atoms with Crippen LogP contribution in [0.2, 0.25) is 0 Å². The molecule has 5 heteroatoms. The molecular weight excluding hydrogens is 260 g/mol. The minimum absolute atomic E-state index is 0.295. The van der Waals surface area contributed by atoms with Crippen molar-refractivity contribution >= 4 is 27.5 Å². The van der Waals surface area contributed by atoms with E-state index in [2.05, 4.69) is 27.7 Å². The summed E-state index contributed by atoms with van der Waals surface area (Å²) in [6, 6.07) is 2.06. The molecule has 0 amide bonds. The van der Waals surface area contributed by atoms with Crippen LogP contribution in [0.25, 0.3) is 10.2 Å². The lowest BCUT2D eigenvalue weighted by molar-refractivity contribution is 0.0702. The third kappa shape index (κ3) is 2.66. The monoisotopic (exact) mass is 280 g/mol. The van der Waals surface area contributed by atoms with E-state index in [1.165, 1.54) is 11.3 Å². The molecule has 1 N–H and O–H groups in total. The van der Waals surface area contributed by atoms with E-state index in [0.29, 0.717) is 16.8 Å². The summed E-state index contributed by atoms with van der Waals surface area (Å²) in [5, 5.41) is 14.8. The summed E-state index contributed by atoms with van der Waals surface area (Å²) in [4.78, 5) is 12.5. The minimum Gasteiger partial charge on any atom is -0.477 e. The number of thiophene rings is 1. The van der Waals surface area contributed by atoms with Gasteiger partial charge in [-0.15, -0.1) is 11.3 Å². The van der Waals surface area contributed by atoms with Gasteiger partial charge < -0.3 is 5.11 Å². The van der Waals surface area contributed by atoms with Gasteiger partial charge in [-0.05, 0) is 31.7 Å². The zero-order chi connectivity index (χ0) is 14.2. The quantitative estimate of drug-likeness (QED) is 0.901. The van der Waals surface area contributed by atoms with Crippen molar-refractivity contribution in [1.82, 2.24) is 9.78 Å². The molecule has 0 saturated carbocycles. The van der Waals surface area contributed by atoms with Crippen molar-refractivity contribution in [3.05, 3.63) is 16.6 Å². The number of rotatable bonds is 5. The van der Waals surface area contributed by atoms with Crippen LogP contribution in [0.3, 0.4) is 0 Å². The Kier molecular flexibility index (Phi) is 3.94. The summed E-state index contributed by atoms with van der Waals surface area (Å²) in [5.41, 5.74) is 1.02. The standard InChI is InChI=1S/C14H20N2O2S/c1-5-9(4)16-13-10(7-12(19-13)14(17)18)11(15-16)6-8(2)3/h7-9H,5-6H2,1-4H3,(H,17,18). The Bertz CT molecular complexity index is 598. The van der Waals surface area contributed by atoms with Gasteiger partial charge in [0.15, 0.2) is 0 Å². The highest BCUT2D eigenvalue weighted by Crippen LogP contribution is 2.32. The molecule has 0 fully saturated rings. The molecule has 1 unspecified atom stereocenters. The van der Waals surface area contributed by atoms with E-state index < -0.39 is 5.97 Å². The van der Waals surface area contributed by atoms with Gasteiger partial charge in [0, 0.05) is 5.39 Å². The molecule has 0 aliphatic carbocycles. The maximum Gasteiger partial charge on any atom is 0.345 e. The van der Waals surface area contributed by atoms with Crippen LogP contribution in [0, 0.1) is 5.92 Å².